The highest BCUT2D eigenvalue weighted by atomic mass is 19.1. The highest BCUT2D eigenvalue weighted by Crippen LogP contribution is 2.29. The number of carbonyl (C=O) groups is 1. The molecule has 0 spiro atoms. The van der Waals surface area contributed by atoms with Crippen molar-refractivity contribution >= 4 is 11.6 Å². The number of hydrogen-bond donors (Lipinski definition) is 0. The van der Waals surface area contributed by atoms with Gasteiger partial charge < -0.3 is 14.5 Å². The number of benzene rings is 1. The molecule has 0 bridgehead atoms. The Hall–Kier alpha value is -2.73. The Kier molecular flexibility index (Phi) is 22.2. The zero-order valence-electron chi connectivity index (χ0n) is 31.8. The number of rotatable bonds is 13. The molecule has 46 heavy (non-hydrogen) atoms. The Balaban J connectivity index is 0.00000110. The van der Waals surface area contributed by atoms with E-state index in [1.165, 1.54) is 42.2 Å². The molecule has 5 nitrogen and oxygen atoms in total. The molecule has 1 amide bonds. The topological polar surface area (TPSA) is 45.1 Å². The van der Waals surface area contributed by atoms with Crippen molar-refractivity contribution in [3.05, 3.63) is 70.8 Å². The molecule has 0 saturated carbocycles. The summed E-state index contributed by atoms with van der Waals surface area (Å²) in [4.78, 5) is 22.1. The number of amides is 1. The average molecular weight is 642 g/mol. The minimum atomic E-state index is -0.796. The molecule has 1 aliphatic rings. The second-order valence-electron chi connectivity index (χ2n) is 12.8. The molecule has 0 aromatic heterocycles. The Morgan fingerprint density at radius 1 is 1.11 bits per heavy atom. The number of allylic oxidation sites excluding steroid dienone is 5. The Labute approximate surface area is 283 Å². The van der Waals surface area contributed by atoms with E-state index in [4.69, 9.17) is 9.73 Å². The van der Waals surface area contributed by atoms with Gasteiger partial charge in [-0.05, 0) is 90.0 Å². The number of aryl methyl sites for hydroxylation is 1. The van der Waals surface area contributed by atoms with Crippen LogP contribution in [0.15, 0.2) is 64.5 Å². The van der Waals surface area contributed by atoms with Crippen molar-refractivity contribution in [2.45, 2.75) is 140 Å². The summed E-state index contributed by atoms with van der Waals surface area (Å²) in [6.45, 7) is 27.7. The van der Waals surface area contributed by atoms with E-state index in [0.29, 0.717) is 12.5 Å². The third kappa shape index (κ3) is 14.8. The summed E-state index contributed by atoms with van der Waals surface area (Å²) in [5.41, 5.74) is 5.16. The maximum atomic E-state index is 12.9. The van der Waals surface area contributed by atoms with Gasteiger partial charge in [0.1, 0.15) is 11.4 Å². The fraction of sp³-hybridized carbons (Fsp3) is 0.650. The fourth-order valence-electron chi connectivity index (χ4n) is 5.40. The van der Waals surface area contributed by atoms with Crippen molar-refractivity contribution in [3.8, 4) is 0 Å². The first kappa shape index (κ1) is 43.3. The maximum Gasteiger partial charge on any atom is 0.254 e. The van der Waals surface area contributed by atoms with Gasteiger partial charge in [-0.2, -0.15) is 0 Å². The van der Waals surface area contributed by atoms with Gasteiger partial charge in [0, 0.05) is 56.0 Å². The summed E-state index contributed by atoms with van der Waals surface area (Å²) < 4.78 is 17.9. The van der Waals surface area contributed by atoms with E-state index in [2.05, 4.69) is 86.3 Å². The van der Waals surface area contributed by atoms with Gasteiger partial charge in [0.05, 0.1) is 0 Å². The lowest BCUT2D eigenvalue weighted by Gasteiger charge is -2.44. The first-order valence-electron chi connectivity index (χ1n) is 17.7. The Bertz CT molecular complexity index is 1130. The lowest BCUT2D eigenvalue weighted by molar-refractivity contribution is -0.155. The van der Waals surface area contributed by atoms with Crippen LogP contribution in [0.5, 0.6) is 0 Å². The molecule has 6 heteroatoms. The van der Waals surface area contributed by atoms with Gasteiger partial charge in [-0.25, -0.2) is 4.39 Å². The van der Waals surface area contributed by atoms with Crippen molar-refractivity contribution in [3.63, 3.8) is 0 Å². The largest absolute Gasteiger partial charge is 0.371 e. The number of carbonyl (C=O) groups excluding carboxylic acids is 1. The molecule has 1 aliphatic heterocycles. The van der Waals surface area contributed by atoms with E-state index in [1.807, 2.05) is 31.0 Å². The number of hydrogen-bond acceptors (Lipinski definition) is 4. The van der Waals surface area contributed by atoms with Gasteiger partial charge in [-0.3, -0.25) is 9.79 Å². The number of ether oxygens (including phenoxy) is 1. The molecule has 0 N–H and O–H groups in total. The van der Waals surface area contributed by atoms with Gasteiger partial charge in [-0.15, -0.1) is 0 Å². The van der Waals surface area contributed by atoms with Gasteiger partial charge >= 0.3 is 0 Å². The standard InChI is InChI=1S/C26H45N3O2.C9H11F.C5H12/c1-11-14-15-27-21(6)24(23(13-3)19(4)12-2)22(7)28-16-17-29(20(5)18-28)25(30)26(8,9)31-10;1-2-4-8-5-3-6-9(10)7-8;1-3-5-4-2/h13-15,19-20H,11-12,16-18H2,1-10H3;3,5-7H,2,4H2,1H3;3-5H2,1-2H3/b15-14+,23-13-,24-22-,27-21+;;. The number of methoxy groups -OCH3 is 1. The molecule has 0 radical (unpaired) electrons. The zero-order valence-corrected chi connectivity index (χ0v) is 31.8. The summed E-state index contributed by atoms with van der Waals surface area (Å²) in [6, 6.07) is 6.87. The monoisotopic (exact) mass is 642 g/mol. The van der Waals surface area contributed by atoms with E-state index < -0.39 is 5.60 Å². The van der Waals surface area contributed by atoms with Crippen molar-refractivity contribution in [2.75, 3.05) is 26.7 Å². The molecular weight excluding hydrogens is 573 g/mol. The van der Waals surface area contributed by atoms with Crippen molar-refractivity contribution in [1.29, 1.82) is 0 Å². The molecule has 2 rings (SSSR count). The van der Waals surface area contributed by atoms with Crippen LogP contribution in [-0.2, 0) is 16.0 Å². The molecule has 1 heterocycles. The zero-order chi connectivity index (χ0) is 35.3. The SMILES string of the molecule is CCCCC.CCCc1cccc(F)c1.C\C=C(C(/C(C)=N/C=C/CC)=C(/C)N1CCN(C(=O)C(C)(C)OC)C(C)C1)\C(C)CC. The maximum absolute atomic E-state index is 12.9. The fourth-order valence-corrected chi connectivity index (χ4v) is 5.40. The minimum absolute atomic E-state index is 0.0557. The second kappa shape index (κ2) is 23.6. The molecule has 1 aromatic carbocycles. The van der Waals surface area contributed by atoms with Gasteiger partial charge in [0.15, 0.2) is 0 Å². The molecule has 0 aliphatic carbocycles. The van der Waals surface area contributed by atoms with Crippen LogP contribution < -0.4 is 0 Å². The van der Waals surface area contributed by atoms with Gasteiger partial charge in [0.2, 0.25) is 0 Å². The predicted molar refractivity (Wildman–Crippen MR) is 198 cm³/mol. The first-order valence-corrected chi connectivity index (χ1v) is 17.7. The van der Waals surface area contributed by atoms with Crippen LogP contribution in [0.4, 0.5) is 4.39 Å². The molecule has 2 unspecified atom stereocenters. The number of piperazine rings is 1. The molecule has 1 aromatic rings. The molecular formula is C40H68FN3O2. The Morgan fingerprint density at radius 3 is 2.22 bits per heavy atom. The van der Waals surface area contributed by atoms with Gasteiger partial charge in [0.25, 0.3) is 5.91 Å². The number of nitrogens with zero attached hydrogens (tertiary/aromatic N) is 3. The third-order valence-electron chi connectivity index (χ3n) is 8.60. The van der Waals surface area contributed by atoms with Crippen LogP contribution in [0.25, 0.3) is 0 Å². The smallest absolute Gasteiger partial charge is 0.254 e. The van der Waals surface area contributed by atoms with E-state index in [0.717, 1.165) is 50.0 Å². The quantitative estimate of drug-likeness (QED) is 0.159. The minimum Gasteiger partial charge on any atom is -0.371 e. The van der Waals surface area contributed by atoms with E-state index in [9.17, 15) is 9.18 Å². The van der Waals surface area contributed by atoms with Crippen LogP contribution in [0.1, 0.15) is 127 Å². The van der Waals surface area contributed by atoms with Crippen molar-refractivity contribution in [2.24, 2.45) is 10.9 Å². The molecule has 1 fully saturated rings. The van der Waals surface area contributed by atoms with E-state index in [-0.39, 0.29) is 17.8 Å². The number of aliphatic imine (C=N–C) groups is 1. The highest BCUT2D eigenvalue weighted by molar-refractivity contribution is 6.03. The first-order chi connectivity index (χ1) is 21.8. The normalized spacial score (nSPS) is 17.1. The third-order valence-corrected chi connectivity index (χ3v) is 8.60. The summed E-state index contributed by atoms with van der Waals surface area (Å²) in [5.74, 6) is 0.379. The second-order valence-corrected chi connectivity index (χ2v) is 12.8. The summed E-state index contributed by atoms with van der Waals surface area (Å²) in [7, 11) is 1.60. The number of unbranched alkanes of at least 4 members (excludes halogenated alkanes) is 2. The lowest BCUT2D eigenvalue weighted by atomic mass is 9.87. The lowest BCUT2D eigenvalue weighted by Crippen LogP contribution is -2.58. The molecule has 262 valence electrons. The van der Waals surface area contributed by atoms with E-state index >= 15 is 0 Å². The van der Waals surface area contributed by atoms with Crippen LogP contribution in [0.3, 0.4) is 0 Å². The summed E-state index contributed by atoms with van der Waals surface area (Å²) >= 11 is 0. The summed E-state index contributed by atoms with van der Waals surface area (Å²) in [6.07, 6.45) is 14.4. The molecule has 2 atom stereocenters. The van der Waals surface area contributed by atoms with Crippen molar-refractivity contribution < 1.29 is 13.9 Å². The molecule has 1 saturated heterocycles. The highest BCUT2D eigenvalue weighted by Gasteiger charge is 2.37. The van der Waals surface area contributed by atoms with Crippen LogP contribution in [0, 0.1) is 11.7 Å². The van der Waals surface area contributed by atoms with Crippen LogP contribution >= 0.6 is 0 Å². The predicted octanol–water partition coefficient (Wildman–Crippen LogP) is 10.6. The van der Waals surface area contributed by atoms with Crippen LogP contribution in [0.2, 0.25) is 0 Å². The number of halogens is 1. The Morgan fingerprint density at radius 2 is 1.76 bits per heavy atom. The summed E-state index contributed by atoms with van der Waals surface area (Å²) in [5, 5.41) is 0. The average Bonchev–Trinajstić information content (AvgIpc) is 3.03. The van der Waals surface area contributed by atoms with Gasteiger partial charge in [-0.1, -0.05) is 91.5 Å². The van der Waals surface area contributed by atoms with Crippen LogP contribution in [-0.4, -0.2) is 59.8 Å². The van der Waals surface area contributed by atoms with E-state index in [1.54, 1.807) is 19.2 Å². The van der Waals surface area contributed by atoms with Crippen molar-refractivity contribution in [1.82, 2.24) is 9.80 Å².